The molecule has 0 bridgehead atoms. The molecule has 0 saturated carbocycles. The van der Waals surface area contributed by atoms with Gasteiger partial charge in [0.15, 0.2) is 11.5 Å². The van der Waals surface area contributed by atoms with Crippen LogP contribution >= 0.6 is 15.9 Å². The molecule has 1 amide bonds. The fourth-order valence-corrected chi connectivity index (χ4v) is 3.79. The summed E-state index contributed by atoms with van der Waals surface area (Å²) in [4.78, 5) is 23.1. The number of methoxy groups -OCH3 is 2. The molecule has 3 aromatic carbocycles. The normalized spacial score (nSPS) is 10.8. The van der Waals surface area contributed by atoms with Crippen LogP contribution in [-0.4, -0.2) is 25.1 Å². The second-order valence-electron chi connectivity index (χ2n) is 7.45. The van der Waals surface area contributed by atoms with E-state index in [0.29, 0.717) is 32.8 Å². The zero-order valence-corrected chi connectivity index (χ0v) is 21.1. The van der Waals surface area contributed by atoms with E-state index in [2.05, 4.69) is 21.2 Å². The van der Waals surface area contributed by atoms with Gasteiger partial charge in [-0.2, -0.15) is 5.26 Å². The van der Waals surface area contributed by atoms with Crippen LogP contribution in [0.5, 0.6) is 17.2 Å². The van der Waals surface area contributed by atoms with Crippen LogP contribution in [0.15, 0.2) is 70.7 Å². The summed E-state index contributed by atoms with van der Waals surface area (Å²) in [5, 5.41) is 23.3. The summed E-state index contributed by atoms with van der Waals surface area (Å²) in [5.74, 6) is 0.926. The molecule has 9 nitrogen and oxygen atoms in total. The molecule has 0 aliphatic rings. The van der Waals surface area contributed by atoms with Crippen LogP contribution in [0.25, 0.3) is 6.08 Å². The lowest BCUT2D eigenvalue weighted by atomic mass is 10.1. The molecule has 0 aliphatic heterocycles. The topological polar surface area (TPSA) is 124 Å². The van der Waals surface area contributed by atoms with E-state index in [1.54, 1.807) is 43.5 Å². The molecule has 10 heteroatoms. The molecule has 0 saturated heterocycles. The van der Waals surface area contributed by atoms with Crippen molar-refractivity contribution in [3.05, 3.63) is 97.5 Å². The number of carbonyl (C=O) groups is 1. The Kier molecular flexibility index (Phi) is 9.02. The van der Waals surface area contributed by atoms with Gasteiger partial charge >= 0.3 is 0 Å². The molecule has 0 spiro atoms. The van der Waals surface area contributed by atoms with Gasteiger partial charge in [-0.1, -0.05) is 24.3 Å². The minimum atomic E-state index is -0.519. The first-order chi connectivity index (χ1) is 17.3. The van der Waals surface area contributed by atoms with Crippen molar-refractivity contribution in [3.63, 3.8) is 0 Å². The summed E-state index contributed by atoms with van der Waals surface area (Å²) in [6, 6.07) is 18.6. The number of rotatable bonds is 10. The number of nitro benzene ring substituents is 1. The summed E-state index contributed by atoms with van der Waals surface area (Å²) < 4.78 is 16.9. The summed E-state index contributed by atoms with van der Waals surface area (Å²) in [5.41, 5.74) is 1.90. The van der Waals surface area contributed by atoms with Crippen molar-refractivity contribution in [2.24, 2.45) is 0 Å². The molecule has 0 fully saturated rings. The number of amides is 1. The van der Waals surface area contributed by atoms with Crippen LogP contribution in [0, 0.1) is 21.4 Å². The van der Waals surface area contributed by atoms with Crippen molar-refractivity contribution in [3.8, 4) is 23.3 Å². The van der Waals surface area contributed by atoms with Gasteiger partial charge in [-0.15, -0.1) is 0 Å². The number of hydrogen-bond acceptors (Lipinski definition) is 7. The maximum atomic E-state index is 12.6. The lowest BCUT2D eigenvalue weighted by molar-refractivity contribution is -0.384. The average Bonchev–Trinajstić information content (AvgIpc) is 2.89. The van der Waals surface area contributed by atoms with Crippen LogP contribution < -0.4 is 19.5 Å². The van der Waals surface area contributed by atoms with E-state index in [0.717, 1.165) is 5.56 Å². The minimum Gasteiger partial charge on any atom is -0.497 e. The van der Waals surface area contributed by atoms with Crippen molar-refractivity contribution in [2.45, 2.75) is 13.2 Å². The minimum absolute atomic E-state index is 0.0306. The third-order valence-electron chi connectivity index (χ3n) is 5.04. The Balaban J connectivity index is 1.74. The highest BCUT2D eigenvalue weighted by atomic mass is 79.9. The lowest BCUT2D eigenvalue weighted by Crippen LogP contribution is -2.23. The van der Waals surface area contributed by atoms with Crippen LogP contribution in [0.2, 0.25) is 0 Å². The largest absolute Gasteiger partial charge is 0.497 e. The predicted octanol–water partition coefficient (Wildman–Crippen LogP) is 5.18. The molecule has 0 unspecified atom stereocenters. The highest BCUT2D eigenvalue weighted by Crippen LogP contribution is 2.38. The first-order valence-corrected chi connectivity index (χ1v) is 11.4. The van der Waals surface area contributed by atoms with Crippen molar-refractivity contribution < 1.29 is 23.9 Å². The van der Waals surface area contributed by atoms with Crippen molar-refractivity contribution >= 4 is 33.6 Å². The molecule has 0 heterocycles. The van der Waals surface area contributed by atoms with Gasteiger partial charge in [0.2, 0.25) is 0 Å². The molecular weight excluding hydrogens is 530 g/mol. The van der Waals surface area contributed by atoms with Gasteiger partial charge in [0.1, 0.15) is 24.0 Å². The number of benzene rings is 3. The number of nitrogens with zero attached hydrogens (tertiary/aromatic N) is 2. The number of ether oxygens (including phenoxy) is 3. The molecule has 3 rings (SSSR count). The molecule has 184 valence electrons. The third-order valence-corrected chi connectivity index (χ3v) is 5.63. The lowest BCUT2D eigenvalue weighted by Gasteiger charge is -2.14. The van der Waals surface area contributed by atoms with E-state index in [-0.39, 0.29) is 24.4 Å². The van der Waals surface area contributed by atoms with Crippen LogP contribution in [-0.2, 0) is 17.9 Å². The Morgan fingerprint density at radius 1 is 1.11 bits per heavy atom. The van der Waals surface area contributed by atoms with E-state index in [4.69, 9.17) is 14.2 Å². The predicted molar refractivity (Wildman–Crippen MR) is 137 cm³/mol. The number of carbonyl (C=O) groups excluding carboxylic acids is 1. The molecule has 0 atom stereocenters. The summed E-state index contributed by atoms with van der Waals surface area (Å²) in [6.07, 6.45) is 1.45. The van der Waals surface area contributed by atoms with Crippen LogP contribution in [0.3, 0.4) is 0 Å². The van der Waals surface area contributed by atoms with Crippen LogP contribution in [0.4, 0.5) is 5.69 Å². The Bertz CT molecular complexity index is 1330. The van der Waals surface area contributed by atoms with Gasteiger partial charge in [0, 0.05) is 18.7 Å². The number of nitro groups is 1. The maximum Gasteiger partial charge on any atom is 0.269 e. The van der Waals surface area contributed by atoms with Gasteiger partial charge in [-0.25, -0.2) is 0 Å². The van der Waals surface area contributed by atoms with Gasteiger partial charge in [-0.3, -0.25) is 14.9 Å². The van der Waals surface area contributed by atoms with Gasteiger partial charge in [0.25, 0.3) is 11.6 Å². The Morgan fingerprint density at radius 2 is 1.86 bits per heavy atom. The summed E-state index contributed by atoms with van der Waals surface area (Å²) >= 11 is 3.44. The summed E-state index contributed by atoms with van der Waals surface area (Å²) in [6.45, 7) is 0.322. The fourth-order valence-electron chi connectivity index (χ4n) is 3.21. The number of halogens is 1. The maximum absolute atomic E-state index is 12.6. The highest BCUT2D eigenvalue weighted by Gasteiger charge is 2.15. The van der Waals surface area contributed by atoms with E-state index in [9.17, 15) is 20.2 Å². The fraction of sp³-hybridized carbons (Fsp3) is 0.154. The molecule has 1 N–H and O–H groups in total. The average molecular weight is 552 g/mol. The van der Waals surface area contributed by atoms with E-state index in [1.807, 2.05) is 18.2 Å². The Morgan fingerprint density at radius 3 is 2.50 bits per heavy atom. The number of hydrogen-bond donors (Lipinski definition) is 1. The molecular formula is C26H22BrN3O6. The second kappa shape index (κ2) is 12.4. The van der Waals surface area contributed by atoms with E-state index in [1.165, 1.54) is 25.3 Å². The first-order valence-electron chi connectivity index (χ1n) is 10.6. The van der Waals surface area contributed by atoms with Crippen molar-refractivity contribution in [1.29, 1.82) is 5.26 Å². The van der Waals surface area contributed by atoms with Gasteiger partial charge < -0.3 is 19.5 Å². The molecule has 0 radical (unpaired) electrons. The van der Waals surface area contributed by atoms with E-state index < -0.39 is 10.8 Å². The second-order valence-corrected chi connectivity index (χ2v) is 8.30. The van der Waals surface area contributed by atoms with E-state index >= 15 is 0 Å². The molecule has 3 aromatic rings. The quantitative estimate of drug-likeness (QED) is 0.159. The number of nitriles is 1. The highest BCUT2D eigenvalue weighted by molar-refractivity contribution is 9.10. The standard InChI is InChI=1S/C26H22BrN3O6/c1-34-22-8-6-17(7-9-22)15-29-26(31)20(14-28)10-19-12-23(27)25(24(13-19)35-2)36-16-18-4-3-5-21(11-18)30(32)33/h3-13H,15-16H2,1-2H3,(H,29,31)/b20-10-. The van der Waals surface area contributed by atoms with Crippen molar-refractivity contribution in [2.75, 3.05) is 14.2 Å². The Hall–Kier alpha value is -4.36. The zero-order valence-electron chi connectivity index (χ0n) is 19.5. The monoisotopic (exact) mass is 551 g/mol. The molecule has 0 aromatic heterocycles. The van der Waals surface area contributed by atoms with Gasteiger partial charge in [-0.05, 0) is 63.0 Å². The molecule has 36 heavy (non-hydrogen) atoms. The van der Waals surface area contributed by atoms with Crippen molar-refractivity contribution in [1.82, 2.24) is 5.32 Å². The SMILES string of the molecule is COc1ccc(CNC(=O)/C(C#N)=C\c2cc(Br)c(OCc3cccc([N+](=O)[O-])c3)c(OC)c2)cc1. The van der Waals surface area contributed by atoms with Gasteiger partial charge in [0.05, 0.1) is 23.6 Å². The first kappa shape index (κ1) is 26.2. The molecule has 0 aliphatic carbocycles. The number of non-ortho nitro benzene ring substituents is 1. The Labute approximate surface area is 216 Å². The smallest absolute Gasteiger partial charge is 0.269 e. The third kappa shape index (κ3) is 6.84. The zero-order chi connectivity index (χ0) is 26.1. The number of nitrogens with one attached hydrogen (secondary N) is 1. The summed E-state index contributed by atoms with van der Waals surface area (Å²) in [7, 11) is 3.03. The van der Waals surface area contributed by atoms with Crippen LogP contribution in [0.1, 0.15) is 16.7 Å².